The molecule has 0 bridgehead atoms. The molecule has 1 N–H and O–H groups in total. The Morgan fingerprint density at radius 2 is 1.68 bits per heavy atom. The molecule has 2 atom stereocenters. The SMILES string of the molecule is Cc1cc(C)nc(S[C@H]2CCCC[C@H]2NS(=O)(=O)c2ccccc2)n1. The van der Waals surface area contributed by atoms with Gasteiger partial charge in [-0.25, -0.2) is 23.1 Å². The van der Waals surface area contributed by atoms with Crippen molar-refractivity contribution in [3.63, 3.8) is 0 Å². The fourth-order valence-electron chi connectivity index (χ4n) is 3.12. The number of nitrogens with zero attached hydrogens (tertiary/aromatic N) is 2. The third kappa shape index (κ3) is 4.80. The molecule has 1 aliphatic rings. The van der Waals surface area contributed by atoms with Crippen molar-refractivity contribution in [3.8, 4) is 0 Å². The van der Waals surface area contributed by atoms with Crippen LogP contribution < -0.4 is 4.72 Å². The first-order chi connectivity index (χ1) is 11.9. The second-order valence-corrected chi connectivity index (χ2v) is 9.34. The molecule has 0 unspecified atom stereocenters. The zero-order chi connectivity index (χ0) is 17.9. The van der Waals surface area contributed by atoms with Gasteiger partial charge < -0.3 is 0 Å². The minimum atomic E-state index is -3.51. The molecule has 1 aromatic carbocycles. The van der Waals surface area contributed by atoms with Gasteiger partial charge in [0.1, 0.15) is 0 Å². The quantitative estimate of drug-likeness (QED) is 0.808. The lowest BCUT2D eigenvalue weighted by Crippen LogP contribution is -2.43. The van der Waals surface area contributed by atoms with Gasteiger partial charge in [0.05, 0.1) is 4.90 Å². The van der Waals surface area contributed by atoms with Crippen molar-refractivity contribution in [2.24, 2.45) is 0 Å². The van der Waals surface area contributed by atoms with Gasteiger partial charge in [-0.05, 0) is 44.9 Å². The Kier molecular flexibility index (Phi) is 5.76. The average Bonchev–Trinajstić information content (AvgIpc) is 2.56. The number of nitrogens with one attached hydrogen (secondary N) is 1. The summed E-state index contributed by atoms with van der Waals surface area (Å²) in [6, 6.07) is 10.4. The number of hydrogen-bond donors (Lipinski definition) is 1. The largest absolute Gasteiger partial charge is 0.240 e. The van der Waals surface area contributed by atoms with Crippen LogP contribution in [0.5, 0.6) is 0 Å². The van der Waals surface area contributed by atoms with Gasteiger partial charge >= 0.3 is 0 Å². The van der Waals surface area contributed by atoms with Crippen molar-refractivity contribution in [1.82, 2.24) is 14.7 Å². The molecule has 1 aromatic heterocycles. The fourth-order valence-corrected chi connectivity index (χ4v) is 5.86. The zero-order valence-corrected chi connectivity index (χ0v) is 16.1. The Morgan fingerprint density at radius 3 is 2.36 bits per heavy atom. The van der Waals surface area contributed by atoms with E-state index in [1.165, 1.54) is 0 Å². The van der Waals surface area contributed by atoms with Gasteiger partial charge in [0.2, 0.25) is 10.0 Å². The van der Waals surface area contributed by atoms with Crippen LogP contribution >= 0.6 is 11.8 Å². The van der Waals surface area contributed by atoms with Crippen LogP contribution in [0.25, 0.3) is 0 Å². The number of thioether (sulfide) groups is 1. The summed E-state index contributed by atoms with van der Waals surface area (Å²) in [6.45, 7) is 3.91. The molecule has 2 aromatic rings. The Balaban J connectivity index is 1.77. The van der Waals surface area contributed by atoms with E-state index in [-0.39, 0.29) is 11.3 Å². The van der Waals surface area contributed by atoms with E-state index in [1.807, 2.05) is 26.0 Å². The lowest BCUT2D eigenvalue weighted by Gasteiger charge is -2.31. The molecular weight excluding hydrogens is 354 g/mol. The van der Waals surface area contributed by atoms with E-state index in [4.69, 9.17) is 0 Å². The van der Waals surface area contributed by atoms with Crippen LogP contribution in [0, 0.1) is 13.8 Å². The smallest absolute Gasteiger partial charge is 0.228 e. The maximum Gasteiger partial charge on any atom is 0.240 e. The van der Waals surface area contributed by atoms with E-state index in [1.54, 1.807) is 36.0 Å². The highest BCUT2D eigenvalue weighted by Gasteiger charge is 2.31. The molecule has 3 rings (SSSR count). The summed E-state index contributed by atoms with van der Waals surface area (Å²) in [7, 11) is -3.51. The minimum absolute atomic E-state index is 0.103. The van der Waals surface area contributed by atoms with Crippen LogP contribution in [0.1, 0.15) is 37.1 Å². The van der Waals surface area contributed by atoms with Gasteiger partial charge in [-0.15, -0.1) is 0 Å². The van der Waals surface area contributed by atoms with Crippen molar-refractivity contribution < 1.29 is 8.42 Å². The predicted molar refractivity (Wildman–Crippen MR) is 100 cm³/mol. The predicted octanol–water partition coefficient (Wildman–Crippen LogP) is 3.48. The monoisotopic (exact) mass is 377 g/mol. The summed E-state index contributed by atoms with van der Waals surface area (Å²) in [5.74, 6) is 0. The van der Waals surface area contributed by atoms with Crippen molar-refractivity contribution in [2.45, 2.75) is 60.9 Å². The highest BCUT2D eigenvalue weighted by atomic mass is 32.2. The van der Waals surface area contributed by atoms with Crippen molar-refractivity contribution in [2.75, 3.05) is 0 Å². The summed E-state index contributed by atoms with van der Waals surface area (Å²) in [5, 5.41) is 0.877. The lowest BCUT2D eigenvalue weighted by atomic mass is 9.96. The van der Waals surface area contributed by atoms with E-state index in [0.29, 0.717) is 4.90 Å². The van der Waals surface area contributed by atoms with Gasteiger partial charge in [0.25, 0.3) is 0 Å². The average molecular weight is 378 g/mol. The molecule has 7 heteroatoms. The molecule has 0 radical (unpaired) electrons. The number of aromatic nitrogens is 2. The molecule has 0 amide bonds. The maximum absolute atomic E-state index is 12.7. The van der Waals surface area contributed by atoms with Gasteiger partial charge in [-0.3, -0.25) is 0 Å². The number of aryl methyl sites for hydroxylation is 2. The first-order valence-corrected chi connectivity index (χ1v) is 10.9. The van der Waals surface area contributed by atoms with Gasteiger partial charge in [-0.2, -0.15) is 0 Å². The lowest BCUT2D eigenvalue weighted by molar-refractivity contribution is 0.422. The topological polar surface area (TPSA) is 72.0 Å². The van der Waals surface area contributed by atoms with E-state index in [9.17, 15) is 8.42 Å². The normalized spacial score (nSPS) is 21.2. The molecule has 1 saturated carbocycles. The van der Waals surface area contributed by atoms with Gasteiger partial charge in [-0.1, -0.05) is 42.8 Å². The third-order valence-electron chi connectivity index (χ3n) is 4.28. The summed E-state index contributed by atoms with van der Waals surface area (Å²) in [4.78, 5) is 9.30. The molecular formula is C18H23N3O2S2. The number of sulfonamides is 1. The third-order valence-corrected chi connectivity index (χ3v) is 7.05. The molecule has 0 spiro atoms. The molecule has 25 heavy (non-hydrogen) atoms. The molecule has 5 nitrogen and oxygen atoms in total. The van der Waals surface area contributed by atoms with Crippen LogP contribution in [0.15, 0.2) is 46.5 Å². The van der Waals surface area contributed by atoms with Crippen molar-refractivity contribution in [3.05, 3.63) is 47.8 Å². The second-order valence-electron chi connectivity index (χ2n) is 6.41. The molecule has 0 aliphatic heterocycles. The van der Waals surface area contributed by atoms with Crippen LogP contribution in [0.2, 0.25) is 0 Å². The zero-order valence-electron chi connectivity index (χ0n) is 14.5. The van der Waals surface area contributed by atoms with Crippen molar-refractivity contribution >= 4 is 21.8 Å². The van der Waals surface area contributed by atoms with Crippen LogP contribution in [0.4, 0.5) is 0 Å². The second kappa shape index (κ2) is 7.85. The number of benzene rings is 1. The standard InChI is InChI=1S/C18H23N3O2S2/c1-13-12-14(2)20-18(19-13)24-17-11-7-6-10-16(17)21-25(22,23)15-8-4-3-5-9-15/h3-5,8-9,12,16-17,21H,6-7,10-11H2,1-2H3/t16-,17+/m1/s1. The van der Waals surface area contributed by atoms with E-state index < -0.39 is 10.0 Å². The van der Waals surface area contributed by atoms with E-state index >= 15 is 0 Å². The Bertz CT molecular complexity index is 805. The number of hydrogen-bond acceptors (Lipinski definition) is 5. The molecule has 1 heterocycles. The summed E-state index contributed by atoms with van der Waals surface area (Å²) >= 11 is 1.59. The summed E-state index contributed by atoms with van der Waals surface area (Å²) in [6.07, 6.45) is 3.94. The van der Waals surface area contributed by atoms with Crippen LogP contribution in [-0.4, -0.2) is 29.7 Å². The van der Waals surface area contributed by atoms with Crippen molar-refractivity contribution in [1.29, 1.82) is 0 Å². The highest BCUT2D eigenvalue weighted by molar-refractivity contribution is 7.99. The summed E-state index contributed by atoms with van der Waals surface area (Å²) in [5.41, 5.74) is 1.87. The van der Waals surface area contributed by atoms with Gasteiger partial charge in [0.15, 0.2) is 5.16 Å². The van der Waals surface area contributed by atoms with Crippen LogP contribution in [0.3, 0.4) is 0 Å². The van der Waals surface area contributed by atoms with E-state index in [2.05, 4.69) is 14.7 Å². The Labute approximate surface area is 153 Å². The molecule has 134 valence electrons. The first kappa shape index (κ1) is 18.4. The van der Waals surface area contributed by atoms with E-state index in [0.717, 1.165) is 42.2 Å². The first-order valence-electron chi connectivity index (χ1n) is 8.50. The number of rotatable bonds is 5. The highest BCUT2D eigenvalue weighted by Crippen LogP contribution is 2.33. The molecule has 1 fully saturated rings. The molecule has 1 aliphatic carbocycles. The Hall–Kier alpha value is -1.44. The van der Waals surface area contributed by atoms with Crippen LogP contribution in [-0.2, 0) is 10.0 Å². The Morgan fingerprint density at radius 1 is 1.04 bits per heavy atom. The van der Waals surface area contributed by atoms with Gasteiger partial charge in [0, 0.05) is 22.7 Å². The fraction of sp³-hybridized carbons (Fsp3) is 0.444. The molecule has 0 saturated heterocycles. The minimum Gasteiger partial charge on any atom is -0.228 e. The summed E-state index contributed by atoms with van der Waals surface area (Å²) < 4.78 is 28.2. The maximum atomic E-state index is 12.7.